The Morgan fingerprint density at radius 2 is 1.88 bits per heavy atom. The van der Waals surface area contributed by atoms with Crippen LogP contribution < -0.4 is 15.4 Å². The topological polar surface area (TPSA) is 75.4 Å². The average Bonchev–Trinajstić information content (AvgIpc) is 2.29. The second-order valence-electron chi connectivity index (χ2n) is 3.41. The van der Waals surface area contributed by atoms with Crippen LogP contribution in [0.4, 0.5) is 5.69 Å². The van der Waals surface area contributed by atoms with Gasteiger partial charge in [0.15, 0.2) is 0 Å². The van der Waals surface area contributed by atoms with Crippen molar-refractivity contribution in [2.24, 2.45) is 5.73 Å². The quantitative estimate of drug-likeness (QED) is 0.762. The minimum Gasteiger partial charge on any atom is -0.373 e. The normalized spacial score (nSPS) is 11.4. The van der Waals surface area contributed by atoms with Gasteiger partial charge in [-0.3, -0.25) is 0 Å². The number of rotatable bonds is 5. The molecule has 1 rings (SSSR count). The molecule has 0 bridgehead atoms. The van der Waals surface area contributed by atoms with Gasteiger partial charge in [0, 0.05) is 25.8 Å². The van der Waals surface area contributed by atoms with Crippen LogP contribution in [0.25, 0.3) is 0 Å². The van der Waals surface area contributed by atoms with Gasteiger partial charge in [-0.25, -0.2) is 13.1 Å². The summed E-state index contributed by atoms with van der Waals surface area (Å²) in [6.07, 6.45) is 0. The smallest absolute Gasteiger partial charge is 0.240 e. The molecule has 0 fully saturated rings. The highest BCUT2D eigenvalue weighted by atomic mass is 32.2. The number of hydrogen-bond donors (Lipinski definition) is 2. The number of sulfonamides is 1. The molecule has 6 heteroatoms. The Kier molecular flexibility index (Phi) is 4.28. The van der Waals surface area contributed by atoms with Crippen LogP contribution in [0.5, 0.6) is 0 Å². The first-order chi connectivity index (χ1) is 7.51. The van der Waals surface area contributed by atoms with E-state index in [1.807, 2.05) is 11.9 Å². The summed E-state index contributed by atoms with van der Waals surface area (Å²) in [5.41, 5.74) is 6.38. The van der Waals surface area contributed by atoms with Crippen LogP contribution in [-0.4, -0.2) is 35.6 Å². The van der Waals surface area contributed by atoms with Crippen LogP contribution in [0.15, 0.2) is 29.2 Å². The summed E-state index contributed by atoms with van der Waals surface area (Å²) in [4.78, 5) is 2.23. The summed E-state index contributed by atoms with van der Waals surface area (Å²) in [6, 6.07) is 6.68. The number of nitrogens with one attached hydrogen (secondary N) is 1. The van der Waals surface area contributed by atoms with Crippen LogP contribution in [0, 0.1) is 0 Å². The molecule has 0 aliphatic rings. The largest absolute Gasteiger partial charge is 0.373 e. The van der Waals surface area contributed by atoms with E-state index in [1.165, 1.54) is 7.05 Å². The van der Waals surface area contributed by atoms with E-state index in [0.29, 0.717) is 6.54 Å². The summed E-state index contributed by atoms with van der Waals surface area (Å²) in [6.45, 7) is 1.30. The second-order valence-corrected chi connectivity index (χ2v) is 5.30. The number of anilines is 1. The van der Waals surface area contributed by atoms with Crippen molar-refractivity contribution < 1.29 is 8.42 Å². The van der Waals surface area contributed by atoms with Crippen LogP contribution in [0.1, 0.15) is 0 Å². The van der Waals surface area contributed by atoms with Gasteiger partial charge >= 0.3 is 0 Å². The van der Waals surface area contributed by atoms with Gasteiger partial charge in [-0.2, -0.15) is 0 Å². The van der Waals surface area contributed by atoms with E-state index in [1.54, 1.807) is 24.3 Å². The molecule has 90 valence electrons. The van der Waals surface area contributed by atoms with E-state index in [9.17, 15) is 8.42 Å². The molecule has 1 aromatic rings. The zero-order valence-electron chi connectivity index (χ0n) is 9.47. The number of hydrogen-bond acceptors (Lipinski definition) is 4. The van der Waals surface area contributed by atoms with Crippen molar-refractivity contribution in [3.8, 4) is 0 Å². The molecule has 0 aromatic heterocycles. The lowest BCUT2D eigenvalue weighted by molar-refractivity contribution is 0.588. The molecule has 3 N–H and O–H groups in total. The zero-order chi connectivity index (χ0) is 12.2. The van der Waals surface area contributed by atoms with Crippen molar-refractivity contribution in [1.29, 1.82) is 0 Å². The van der Waals surface area contributed by atoms with E-state index >= 15 is 0 Å². The third-order valence-electron chi connectivity index (χ3n) is 2.32. The van der Waals surface area contributed by atoms with Gasteiger partial charge in [-0.05, 0) is 31.3 Å². The first-order valence-corrected chi connectivity index (χ1v) is 6.44. The zero-order valence-corrected chi connectivity index (χ0v) is 10.3. The van der Waals surface area contributed by atoms with Gasteiger partial charge in [0.05, 0.1) is 4.90 Å². The van der Waals surface area contributed by atoms with E-state index in [0.717, 1.165) is 12.2 Å². The van der Waals surface area contributed by atoms with E-state index in [2.05, 4.69) is 4.72 Å². The minimum absolute atomic E-state index is 0.264. The summed E-state index contributed by atoms with van der Waals surface area (Å²) in [5.74, 6) is 0. The number of benzene rings is 1. The van der Waals surface area contributed by atoms with Gasteiger partial charge in [-0.1, -0.05) is 0 Å². The molecule has 0 unspecified atom stereocenters. The van der Waals surface area contributed by atoms with Crippen LogP contribution in [-0.2, 0) is 10.0 Å². The Hall–Kier alpha value is -1.11. The molecule has 0 saturated heterocycles. The van der Waals surface area contributed by atoms with Crippen molar-refractivity contribution in [2.45, 2.75) is 4.90 Å². The maximum absolute atomic E-state index is 11.5. The lowest BCUT2D eigenvalue weighted by Crippen LogP contribution is -2.25. The van der Waals surface area contributed by atoms with Crippen molar-refractivity contribution in [3.05, 3.63) is 24.3 Å². The number of nitrogens with zero attached hydrogens (tertiary/aromatic N) is 1. The predicted molar refractivity (Wildman–Crippen MR) is 65.0 cm³/mol. The van der Waals surface area contributed by atoms with Crippen LogP contribution >= 0.6 is 0 Å². The molecule has 0 radical (unpaired) electrons. The third kappa shape index (κ3) is 2.94. The van der Waals surface area contributed by atoms with E-state index in [4.69, 9.17) is 5.73 Å². The van der Waals surface area contributed by atoms with Crippen molar-refractivity contribution in [3.63, 3.8) is 0 Å². The molecular weight excluding hydrogens is 226 g/mol. The van der Waals surface area contributed by atoms with Crippen molar-refractivity contribution in [2.75, 3.05) is 32.1 Å². The second kappa shape index (κ2) is 5.29. The summed E-state index contributed by atoms with van der Waals surface area (Å²) in [5, 5.41) is 0. The van der Waals surface area contributed by atoms with E-state index in [-0.39, 0.29) is 4.90 Å². The first-order valence-electron chi connectivity index (χ1n) is 4.96. The Balaban J connectivity index is 2.91. The van der Waals surface area contributed by atoms with Crippen LogP contribution in [0.3, 0.4) is 0 Å². The van der Waals surface area contributed by atoms with Crippen molar-refractivity contribution >= 4 is 15.7 Å². The fourth-order valence-electron chi connectivity index (χ4n) is 1.32. The fourth-order valence-corrected chi connectivity index (χ4v) is 2.05. The van der Waals surface area contributed by atoms with Gasteiger partial charge in [0.25, 0.3) is 0 Å². The molecule has 1 aromatic carbocycles. The summed E-state index contributed by atoms with van der Waals surface area (Å²) >= 11 is 0. The standard InChI is InChI=1S/C10H17N3O2S/c1-12-16(14,15)10-5-3-9(4-6-10)13(2)8-7-11/h3-6,12H,7-8,11H2,1-2H3. The number of nitrogens with two attached hydrogens (primary N) is 1. The Morgan fingerprint density at radius 1 is 1.31 bits per heavy atom. The minimum atomic E-state index is -3.35. The summed E-state index contributed by atoms with van der Waals surface area (Å²) in [7, 11) is -0.0423. The Labute approximate surface area is 96.3 Å². The Bertz CT molecular complexity index is 428. The Morgan fingerprint density at radius 3 is 2.31 bits per heavy atom. The lowest BCUT2D eigenvalue weighted by Gasteiger charge is -2.18. The highest BCUT2D eigenvalue weighted by Crippen LogP contribution is 2.16. The molecule has 5 nitrogen and oxygen atoms in total. The molecule has 0 aliphatic heterocycles. The van der Waals surface area contributed by atoms with Crippen molar-refractivity contribution in [1.82, 2.24) is 4.72 Å². The highest BCUT2D eigenvalue weighted by Gasteiger charge is 2.10. The molecule has 0 amide bonds. The lowest BCUT2D eigenvalue weighted by atomic mass is 10.3. The monoisotopic (exact) mass is 243 g/mol. The molecule has 0 heterocycles. The van der Waals surface area contributed by atoms with Gasteiger partial charge in [-0.15, -0.1) is 0 Å². The third-order valence-corrected chi connectivity index (χ3v) is 3.75. The molecular formula is C10H17N3O2S. The maximum atomic E-state index is 11.5. The fraction of sp³-hybridized carbons (Fsp3) is 0.400. The maximum Gasteiger partial charge on any atom is 0.240 e. The average molecular weight is 243 g/mol. The van der Waals surface area contributed by atoms with Gasteiger partial charge < -0.3 is 10.6 Å². The predicted octanol–water partition coefficient (Wildman–Crippen LogP) is -0.0104. The van der Waals surface area contributed by atoms with Gasteiger partial charge in [0.2, 0.25) is 10.0 Å². The molecule has 0 atom stereocenters. The van der Waals surface area contributed by atoms with E-state index < -0.39 is 10.0 Å². The number of likely N-dealkylation sites (N-methyl/N-ethyl adjacent to an activating group) is 1. The first kappa shape index (κ1) is 13.0. The van der Waals surface area contributed by atoms with Crippen LogP contribution in [0.2, 0.25) is 0 Å². The molecule has 16 heavy (non-hydrogen) atoms. The SMILES string of the molecule is CNS(=O)(=O)c1ccc(N(C)CCN)cc1. The summed E-state index contributed by atoms with van der Waals surface area (Å²) < 4.78 is 25.2. The molecule has 0 aliphatic carbocycles. The molecule has 0 saturated carbocycles. The highest BCUT2D eigenvalue weighted by molar-refractivity contribution is 7.89. The molecule has 0 spiro atoms. The van der Waals surface area contributed by atoms with Gasteiger partial charge in [0.1, 0.15) is 0 Å².